The molecule has 0 aromatic heterocycles. The number of fused-ring (bicyclic) bond motifs is 3. The Kier molecular flexibility index (Phi) is 4.66. The molecular formula is C25H23ClO5. The van der Waals surface area contributed by atoms with E-state index in [1.54, 1.807) is 30.3 Å². The lowest BCUT2D eigenvalue weighted by atomic mass is 9.71. The van der Waals surface area contributed by atoms with E-state index in [2.05, 4.69) is 0 Å². The summed E-state index contributed by atoms with van der Waals surface area (Å²) >= 11 is 6.14. The molecule has 5 nitrogen and oxygen atoms in total. The number of ether oxygens (including phenoxy) is 2. The maximum absolute atomic E-state index is 12.1. The van der Waals surface area contributed by atoms with E-state index >= 15 is 0 Å². The number of halogens is 1. The second kappa shape index (κ2) is 7.16. The van der Waals surface area contributed by atoms with Gasteiger partial charge in [0.25, 0.3) is 0 Å². The van der Waals surface area contributed by atoms with Gasteiger partial charge in [0.1, 0.15) is 17.2 Å². The Bertz CT molecular complexity index is 1120. The molecule has 0 bridgehead atoms. The minimum absolute atomic E-state index is 0.174. The lowest BCUT2D eigenvalue weighted by molar-refractivity contribution is -0.150. The molecule has 3 aromatic carbocycles. The largest absolute Gasteiger partial charge is 0.507 e. The van der Waals surface area contributed by atoms with Gasteiger partial charge in [0.2, 0.25) is 0 Å². The van der Waals surface area contributed by atoms with Gasteiger partial charge in [-0.1, -0.05) is 54.1 Å². The van der Waals surface area contributed by atoms with Crippen LogP contribution in [0.25, 0.3) is 0 Å². The van der Waals surface area contributed by atoms with Crippen LogP contribution in [0, 0.1) is 0 Å². The lowest BCUT2D eigenvalue weighted by Crippen LogP contribution is -2.51. The predicted octanol–water partition coefficient (Wildman–Crippen LogP) is 4.47. The molecule has 3 aromatic rings. The third kappa shape index (κ3) is 2.70. The number of phenolic OH excluding ortho intramolecular Hbond substituents is 1. The number of aliphatic hydroxyl groups is 2. The molecule has 2 aliphatic rings. The van der Waals surface area contributed by atoms with Crippen LogP contribution >= 0.6 is 11.6 Å². The molecule has 1 aliphatic carbocycles. The normalized spacial score (nSPS) is 28.6. The van der Waals surface area contributed by atoms with Crippen LogP contribution in [0.5, 0.6) is 17.2 Å². The Labute approximate surface area is 185 Å². The van der Waals surface area contributed by atoms with Crippen molar-refractivity contribution in [1.82, 2.24) is 0 Å². The molecule has 0 unspecified atom stereocenters. The van der Waals surface area contributed by atoms with E-state index in [0.29, 0.717) is 28.7 Å². The highest BCUT2D eigenvalue weighted by Gasteiger charge is 2.73. The van der Waals surface area contributed by atoms with Gasteiger partial charge >= 0.3 is 0 Å². The zero-order valence-corrected chi connectivity index (χ0v) is 17.7. The van der Waals surface area contributed by atoms with Crippen LogP contribution in [-0.2, 0) is 11.2 Å². The first-order chi connectivity index (χ1) is 14.9. The van der Waals surface area contributed by atoms with Gasteiger partial charge in [0, 0.05) is 23.1 Å². The van der Waals surface area contributed by atoms with Crippen LogP contribution < -0.4 is 9.47 Å². The second-order valence-electron chi connectivity index (χ2n) is 8.07. The van der Waals surface area contributed by atoms with Crippen LogP contribution in [0.4, 0.5) is 0 Å². The van der Waals surface area contributed by atoms with E-state index in [0.717, 1.165) is 5.56 Å². The van der Waals surface area contributed by atoms with Crippen LogP contribution in [0.3, 0.4) is 0 Å². The molecule has 5 rings (SSSR count). The summed E-state index contributed by atoms with van der Waals surface area (Å²) < 4.78 is 12.1. The van der Waals surface area contributed by atoms with E-state index < -0.39 is 17.3 Å². The van der Waals surface area contributed by atoms with Gasteiger partial charge in [0.05, 0.1) is 18.3 Å². The SMILES string of the molecule is CCOc1cc(O)c2c(c1)O[C@@]1(c3ccc(Cl)cc3)[C@H](c3ccccc3)C[C@@H](O)[C@@]21O. The van der Waals surface area contributed by atoms with Crippen molar-refractivity contribution >= 4 is 11.6 Å². The van der Waals surface area contributed by atoms with E-state index in [1.165, 1.54) is 6.07 Å². The van der Waals surface area contributed by atoms with Crippen LogP contribution in [0.15, 0.2) is 66.7 Å². The highest BCUT2D eigenvalue weighted by molar-refractivity contribution is 6.30. The average Bonchev–Trinajstić information content (AvgIpc) is 3.15. The smallest absolute Gasteiger partial charge is 0.176 e. The molecule has 0 radical (unpaired) electrons. The van der Waals surface area contributed by atoms with Gasteiger partial charge in [-0.25, -0.2) is 0 Å². The first kappa shape index (κ1) is 20.2. The molecule has 1 fully saturated rings. The molecule has 1 aliphatic heterocycles. The van der Waals surface area contributed by atoms with Crippen LogP contribution in [0.1, 0.15) is 36.0 Å². The first-order valence-corrected chi connectivity index (χ1v) is 10.7. The zero-order chi connectivity index (χ0) is 21.8. The van der Waals surface area contributed by atoms with E-state index in [-0.39, 0.29) is 23.7 Å². The molecule has 1 heterocycles. The number of rotatable bonds is 4. The van der Waals surface area contributed by atoms with Crippen molar-refractivity contribution in [3.8, 4) is 17.2 Å². The summed E-state index contributed by atoms with van der Waals surface area (Å²) in [7, 11) is 0. The average molecular weight is 439 g/mol. The molecule has 0 saturated heterocycles. The summed E-state index contributed by atoms with van der Waals surface area (Å²) in [6, 6.07) is 19.8. The number of benzene rings is 3. The fraction of sp³-hybridized carbons (Fsp3) is 0.280. The van der Waals surface area contributed by atoms with Gasteiger partial charge in [-0.15, -0.1) is 0 Å². The Morgan fingerprint density at radius 2 is 1.81 bits per heavy atom. The quantitative estimate of drug-likeness (QED) is 0.560. The third-order valence-electron chi connectivity index (χ3n) is 6.49. The molecule has 1 saturated carbocycles. The summed E-state index contributed by atoms with van der Waals surface area (Å²) in [6.07, 6.45) is -0.909. The van der Waals surface area contributed by atoms with Crippen molar-refractivity contribution < 1.29 is 24.8 Å². The Hall–Kier alpha value is -2.73. The van der Waals surface area contributed by atoms with Crippen LogP contribution in [0.2, 0.25) is 5.02 Å². The third-order valence-corrected chi connectivity index (χ3v) is 6.74. The first-order valence-electron chi connectivity index (χ1n) is 10.3. The summed E-state index contributed by atoms with van der Waals surface area (Å²) in [5.74, 6) is 0.171. The number of aromatic hydroxyl groups is 1. The number of hydrogen-bond acceptors (Lipinski definition) is 5. The van der Waals surface area contributed by atoms with E-state index in [1.807, 2.05) is 37.3 Å². The topological polar surface area (TPSA) is 79.2 Å². The van der Waals surface area contributed by atoms with Gasteiger partial charge in [-0.3, -0.25) is 0 Å². The number of aliphatic hydroxyl groups excluding tert-OH is 1. The second-order valence-corrected chi connectivity index (χ2v) is 8.51. The van der Waals surface area contributed by atoms with Crippen molar-refractivity contribution in [1.29, 1.82) is 0 Å². The molecule has 3 N–H and O–H groups in total. The summed E-state index contributed by atoms with van der Waals surface area (Å²) in [5.41, 5.74) is -1.46. The molecule has 6 heteroatoms. The van der Waals surface area contributed by atoms with Crippen molar-refractivity contribution in [2.45, 2.75) is 36.6 Å². The highest BCUT2D eigenvalue weighted by atomic mass is 35.5. The van der Waals surface area contributed by atoms with Gasteiger partial charge in [-0.2, -0.15) is 0 Å². The molecular weight excluding hydrogens is 416 g/mol. The van der Waals surface area contributed by atoms with E-state index in [4.69, 9.17) is 21.1 Å². The van der Waals surface area contributed by atoms with Gasteiger partial charge < -0.3 is 24.8 Å². The predicted molar refractivity (Wildman–Crippen MR) is 117 cm³/mol. The fourth-order valence-electron chi connectivity index (χ4n) is 5.27. The zero-order valence-electron chi connectivity index (χ0n) is 17.0. The minimum Gasteiger partial charge on any atom is -0.507 e. The van der Waals surface area contributed by atoms with Crippen molar-refractivity contribution in [2.75, 3.05) is 6.61 Å². The van der Waals surface area contributed by atoms with Crippen molar-refractivity contribution in [3.63, 3.8) is 0 Å². The summed E-state index contributed by atoms with van der Waals surface area (Å²) in [4.78, 5) is 0. The number of hydrogen-bond donors (Lipinski definition) is 3. The molecule has 160 valence electrons. The molecule has 31 heavy (non-hydrogen) atoms. The van der Waals surface area contributed by atoms with Crippen molar-refractivity contribution in [2.24, 2.45) is 0 Å². The van der Waals surface area contributed by atoms with Crippen molar-refractivity contribution in [3.05, 3.63) is 88.4 Å². The molecule has 0 spiro atoms. The molecule has 4 atom stereocenters. The van der Waals surface area contributed by atoms with Gasteiger partial charge in [-0.05, 0) is 36.6 Å². The maximum atomic E-state index is 12.1. The van der Waals surface area contributed by atoms with Gasteiger partial charge in [0.15, 0.2) is 11.2 Å². The Morgan fingerprint density at radius 3 is 2.48 bits per heavy atom. The Morgan fingerprint density at radius 1 is 1.10 bits per heavy atom. The summed E-state index contributed by atoms with van der Waals surface area (Å²) in [5, 5.41) is 34.8. The lowest BCUT2D eigenvalue weighted by Gasteiger charge is -2.40. The molecule has 0 amide bonds. The Balaban J connectivity index is 1.79. The number of phenols is 1. The fourth-order valence-corrected chi connectivity index (χ4v) is 5.40. The van der Waals surface area contributed by atoms with E-state index in [9.17, 15) is 15.3 Å². The summed E-state index contributed by atoms with van der Waals surface area (Å²) in [6.45, 7) is 2.26. The highest BCUT2D eigenvalue weighted by Crippen LogP contribution is 2.68. The van der Waals surface area contributed by atoms with Crippen LogP contribution in [-0.4, -0.2) is 28.0 Å². The standard InChI is InChI=1S/C25H23ClO5/c1-2-30-18-12-20(27)23-21(13-18)31-25(16-8-10-17(26)11-9-16)19(14-22(28)24(23,25)29)15-6-4-3-5-7-15/h3-13,19,22,27-29H,2,14H2,1H3/t19-,22+,24+,25-/m0/s1. The monoisotopic (exact) mass is 438 g/mol. The maximum Gasteiger partial charge on any atom is 0.176 e. The minimum atomic E-state index is -1.87.